The van der Waals surface area contributed by atoms with Gasteiger partial charge in [0, 0.05) is 23.0 Å². The van der Waals surface area contributed by atoms with E-state index in [0.717, 1.165) is 30.9 Å². The molecule has 5 rings (SSSR count). The zero-order valence-corrected chi connectivity index (χ0v) is 23.6. The monoisotopic (exact) mass is 574 g/mol. The number of amides is 1. The third-order valence-electron chi connectivity index (χ3n) is 7.98. The number of hydrogen-bond donors (Lipinski definition) is 1. The van der Waals surface area contributed by atoms with E-state index in [4.69, 9.17) is 0 Å². The molecular formula is C28H32F2N4O3S2. The van der Waals surface area contributed by atoms with Crippen LogP contribution < -0.4 is 5.32 Å². The molecule has 0 bridgehead atoms. The maximum atomic E-state index is 13.8. The number of aromatic nitrogens is 1. The van der Waals surface area contributed by atoms with Gasteiger partial charge in [0.25, 0.3) is 0 Å². The highest BCUT2D eigenvalue weighted by molar-refractivity contribution is 7.89. The third-order valence-corrected chi connectivity index (χ3v) is 10.8. The summed E-state index contributed by atoms with van der Waals surface area (Å²) in [5.74, 6) is -1.05. The van der Waals surface area contributed by atoms with Gasteiger partial charge in [0.1, 0.15) is 11.6 Å². The Labute approximate surface area is 231 Å². The number of nitrogens with one attached hydrogen (secondary N) is 1. The van der Waals surface area contributed by atoms with Gasteiger partial charge >= 0.3 is 0 Å². The number of benzene rings is 2. The van der Waals surface area contributed by atoms with Crippen LogP contribution in [0.3, 0.4) is 0 Å². The standard InChI is InChI=1S/C28H32F2N4O3S2/c1-27(2)10-11-28(19-34(27)39(36,37)23-5-3-4-22(30)16-23)12-14-33(15-13-28)17-25(35)32-26-31-24(18-38-26)20-6-8-21(29)9-7-20/h3-9,16,18H,10-15,17,19H2,1-2H3,(H,31,32,35). The average molecular weight is 575 g/mol. The van der Waals surface area contributed by atoms with E-state index < -0.39 is 21.4 Å². The number of carbonyl (C=O) groups excluding carboxylic acids is 1. The summed E-state index contributed by atoms with van der Waals surface area (Å²) >= 11 is 1.32. The van der Waals surface area contributed by atoms with Crippen molar-refractivity contribution in [2.45, 2.75) is 50.0 Å². The van der Waals surface area contributed by atoms with Crippen molar-refractivity contribution in [3.63, 3.8) is 0 Å². The van der Waals surface area contributed by atoms with Gasteiger partial charge in [-0.05, 0) is 100 Å². The molecule has 1 spiro atoms. The Bertz CT molecular complexity index is 1450. The fourth-order valence-corrected chi connectivity index (χ4v) is 8.19. The second-order valence-corrected chi connectivity index (χ2v) is 13.9. The molecule has 0 radical (unpaired) electrons. The van der Waals surface area contributed by atoms with Gasteiger partial charge in [-0.2, -0.15) is 4.31 Å². The maximum absolute atomic E-state index is 13.8. The van der Waals surface area contributed by atoms with Crippen molar-refractivity contribution in [1.29, 1.82) is 0 Å². The molecule has 3 aromatic rings. The molecule has 1 N–H and O–H groups in total. The fraction of sp³-hybridized carbons (Fsp3) is 0.429. The highest BCUT2D eigenvalue weighted by atomic mass is 32.2. The van der Waals surface area contributed by atoms with Gasteiger partial charge < -0.3 is 5.32 Å². The largest absolute Gasteiger partial charge is 0.301 e. The maximum Gasteiger partial charge on any atom is 0.243 e. The first-order valence-electron chi connectivity index (χ1n) is 13.0. The van der Waals surface area contributed by atoms with Crippen LogP contribution in [0.1, 0.15) is 39.5 Å². The van der Waals surface area contributed by atoms with E-state index in [2.05, 4.69) is 15.2 Å². The van der Waals surface area contributed by atoms with Crippen LogP contribution >= 0.6 is 11.3 Å². The van der Waals surface area contributed by atoms with Gasteiger partial charge in [0.2, 0.25) is 15.9 Å². The van der Waals surface area contributed by atoms with Crippen LogP contribution in [0.15, 0.2) is 58.8 Å². The van der Waals surface area contributed by atoms with Crippen molar-refractivity contribution in [3.8, 4) is 11.3 Å². The molecule has 1 aromatic heterocycles. The molecule has 0 atom stereocenters. The van der Waals surface area contributed by atoms with Crippen LogP contribution in [0.25, 0.3) is 11.3 Å². The first-order valence-corrected chi connectivity index (χ1v) is 15.3. The minimum absolute atomic E-state index is 0.0218. The molecule has 39 heavy (non-hydrogen) atoms. The predicted molar refractivity (Wildman–Crippen MR) is 148 cm³/mol. The normalized spacial score (nSPS) is 19.7. The number of thiazole rings is 1. The van der Waals surface area contributed by atoms with Gasteiger partial charge in [-0.25, -0.2) is 22.2 Å². The molecule has 208 valence electrons. The number of hydrogen-bond acceptors (Lipinski definition) is 6. The summed E-state index contributed by atoms with van der Waals surface area (Å²) in [5, 5.41) is 5.16. The lowest BCUT2D eigenvalue weighted by atomic mass is 9.69. The molecule has 2 saturated heterocycles. The number of nitrogens with zero attached hydrogens (tertiary/aromatic N) is 3. The molecule has 7 nitrogen and oxygen atoms in total. The minimum atomic E-state index is -3.86. The van der Waals surface area contributed by atoms with Crippen LogP contribution in [0, 0.1) is 17.0 Å². The fourth-order valence-electron chi connectivity index (χ4n) is 5.50. The number of rotatable bonds is 6. The number of anilines is 1. The third kappa shape index (κ3) is 6.06. The number of piperidine rings is 2. The van der Waals surface area contributed by atoms with Crippen LogP contribution in [0.5, 0.6) is 0 Å². The van der Waals surface area contributed by atoms with Gasteiger partial charge in [-0.1, -0.05) is 6.07 Å². The van der Waals surface area contributed by atoms with E-state index >= 15 is 0 Å². The summed E-state index contributed by atoms with van der Waals surface area (Å²) in [6, 6.07) is 11.2. The van der Waals surface area contributed by atoms with Crippen LogP contribution in [0.2, 0.25) is 0 Å². The summed E-state index contributed by atoms with van der Waals surface area (Å²) < 4.78 is 55.7. The molecule has 0 unspecified atom stereocenters. The van der Waals surface area contributed by atoms with E-state index in [-0.39, 0.29) is 28.6 Å². The summed E-state index contributed by atoms with van der Waals surface area (Å²) in [6.07, 6.45) is 3.16. The molecule has 2 fully saturated rings. The number of halogens is 2. The highest BCUT2D eigenvalue weighted by Crippen LogP contribution is 2.46. The van der Waals surface area contributed by atoms with Crippen molar-refractivity contribution in [3.05, 3.63) is 65.5 Å². The lowest BCUT2D eigenvalue weighted by molar-refractivity contribution is -0.118. The number of sulfonamides is 1. The van der Waals surface area contributed by atoms with Gasteiger partial charge in [-0.15, -0.1) is 11.3 Å². The lowest BCUT2D eigenvalue weighted by Gasteiger charge is -2.53. The smallest absolute Gasteiger partial charge is 0.243 e. The summed E-state index contributed by atoms with van der Waals surface area (Å²) in [4.78, 5) is 19.2. The lowest BCUT2D eigenvalue weighted by Crippen LogP contribution is -2.59. The van der Waals surface area contributed by atoms with E-state index in [1.807, 2.05) is 19.2 Å². The molecule has 3 heterocycles. The molecular weight excluding hydrogens is 542 g/mol. The Hall–Kier alpha value is -2.73. The van der Waals surface area contributed by atoms with Gasteiger partial charge in [0.15, 0.2) is 5.13 Å². The van der Waals surface area contributed by atoms with Crippen molar-refractivity contribution < 1.29 is 22.0 Å². The molecule has 0 saturated carbocycles. The Morgan fingerprint density at radius 2 is 1.74 bits per heavy atom. The Morgan fingerprint density at radius 1 is 1.03 bits per heavy atom. The quantitative estimate of drug-likeness (QED) is 0.428. The van der Waals surface area contributed by atoms with E-state index in [1.165, 1.54) is 41.7 Å². The Morgan fingerprint density at radius 3 is 2.44 bits per heavy atom. The van der Waals surface area contributed by atoms with E-state index in [0.29, 0.717) is 36.9 Å². The molecule has 1 amide bonds. The average Bonchev–Trinajstić information content (AvgIpc) is 3.35. The molecule has 11 heteroatoms. The van der Waals surface area contributed by atoms with Crippen molar-refractivity contribution in [2.24, 2.45) is 5.41 Å². The molecule has 2 aromatic carbocycles. The zero-order chi connectivity index (χ0) is 27.8. The van der Waals surface area contributed by atoms with Crippen LogP contribution in [-0.4, -0.2) is 60.2 Å². The van der Waals surface area contributed by atoms with Crippen molar-refractivity contribution in [1.82, 2.24) is 14.2 Å². The van der Waals surface area contributed by atoms with E-state index in [1.54, 1.807) is 16.4 Å². The zero-order valence-electron chi connectivity index (χ0n) is 22.0. The first kappa shape index (κ1) is 27.8. The van der Waals surface area contributed by atoms with Gasteiger partial charge in [0.05, 0.1) is 17.1 Å². The summed E-state index contributed by atoms with van der Waals surface area (Å²) in [6.45, 7) is 5.82. The predicted octanol–water partition coefficient (Wildman–Crippen LogP) is 5.37. The second kappa shape index (κ2) is 10.7. The minimum Gasteiger partial charge on any atom is -0.301 e. The summed E-state index contributed by atoms with van der Waals surface area (Å²) in [5.41, 5.74) is 0.697. The van der Waals surface area contributed by atoms with Gasteiger partial charge in [-0.3, -0.25) is 9.69 Å². The van der Waals surface area contributed by atoms with Crippen molar-refractivity contribution >= 4 is 32.4 Å². The Balaban J connectivity index is 1.19. The number of carbonyl (C=O) groups is 1. The van der Waals surface area contributed by atoms with Crippen LogP contribution in [0.4, 0.5) is 13.9 Å². The van der Waals surface area contributed by atoms with Crippen LogP contribution in [-0.2, 0) is 14.8 Å². The first-order chi connectivity index (χ1) is 18.5. The molecule has 2 aliphatic heterocycles. The Kier molecular flexibility index (Phi) is 7.62. The topological polar surface area (TPSA) is 82.6 Å². The van der Waals surface area contributed by atoms with Crippen molar-refractivity contribution in [2.75, 3.05) is 31.5 Å². The van der Waals surface area contributed by atoms with E-state index in [9.17, 15) is 22.0 Å². The SMILES string of the molecule is CC1(C)CCC2(CCN(CC(=O)Nc3nc(-c4ccc(F)cc4)cs3)CC2)CN1S(=O)(=O)c1cccc(F)c1. The second-order valence-electron chi connectivity index (χ2n) is 11.2. The number of likely N-dealkylation sites (tertiary alicyclic amines) is 1. The highest BCUT2D eigenvalue weighted by Gasteiger charge is 2.49. The summed E-state index contributed by atoms with van der Waals surface area (Å²) in [7, 11) is -3.86. The molecule has 2 aliphatic rings. The molecule has 0 aliphatic carbocycles.